The van der Waals surface area contributed by atoms with Crippen LogP contribution >= 0.6 is 0 Å². The van der Waals surface area contributed by atoms with E-state index in [-0.39, 0.29) is 6.10 Å². The van der Waals surface area contributed by atoms with E-state index in [1.165, 1.54) is 19.3 Å². The van der Waals surface area contributed by atoms with Gasteiger partial charge in [-0.05, 0) is 38.8 Å². The van der Waals surface area contributed by atoms with Crippen LogP contribution in [0, 0.1) is 0 Å². The second-order valence-electron chi connectivity index (χ2n) is 7.01. The monoisotopic (exact) mass is 335 g/mol. The third-order valence-corrected chi connectivity index (χ3v) is 4.98. The average molecular weight is 335 g/mol. The van der Waals surface area contributed by atoms with Crippen LogP contribution in [0.15, 0.2) is 24.3 Å². The van der Waals surface area contributed by atoms with Crippen molar-refractivity contribution in [3.8, 4) is 11.5 Å². The van der Waals surface area contributed by atoms with Crippen molar-refractivity contribution in [1.29, 1.82) is 0 Å². The fourth-order valence-corrected chi connectivity index (χ4v) is 3.61. The SMILES string of the molecule is C[C@H]1CCC[C@H](C)N1C[C@H](O)COC[C@@H]1COc2ccccc2O1. The Balaban J connectivity index is 1.39. The zero-order valence-corrected chi connectivity index (χ0v) is 14.7. The van der Waals surface area contributed by atoms with Gasteiger partial charge in [0.25, 0.3) is 0 Å². The Bertz CT molecular complexity index is 514. The predicted molar refractivity (Wildman–Crippen MR) is 92.7 cm³/mol. The molecule has 4 atom stereocenters. The molecule has 1 fully saturated rings. The molecule has 134 valence electrons. The number of β-amino-alcohol motifs (C(OH)–C–C–N with tert-alkyl or cyclic N) is 1. The van der Waals surface area contributed by atoms with Gasteiger partial charge in [0.1, 0.15) is 6.61 Å². The molecule has 0 amide bonds. The van der Waals surface area contributed by atoms with Crippen molar-refractivity contribution in [2.24, 2.45) is 0 Å². The predicted octanol–water partition coefficient (Wildman–Crippen LogP) is 2.47. The maximum atomic E-state index is 10.3. The first kappa shape index (κ1) is 17.5. The van der Waals surface area contributed by atoms with Gasteiger partial charge in [-0.2, -0.15) is 0 Å². The lowest BCUT2D eigenvalue weighted by atomic mass is 9.97. The quantitative estimate of drug-likeness (QED) is 0.865. The summed E-state index contributed by atoms with van der Waals surface area (Å²) in [7, 11) is 0. The van der Waals surface area contributed by atoms with Crippen molar-refractivity contribution in [3.05, 3.63) is 24.3 Å². The van der Waals surface area contributed by atoms with Crippen LogP contribution in [-0.2, 0) is 4.74 Å². The Labute approximate surface area is 144 Å². The number of hydrogen-bond acceptors (Lipinski definition) is 5. The molecule has 0 aliphatic carbocycles. The van der Waals surface area contributed by atoms with Gasteiger partial charge in [0.15, 0.2) is 17.6 Å². The standard InChI is InChI=1S/C19H29NO4/c1-14-6-5-7-15(2)20(14)10-16(21)11-22-12-17-13-23-18-8-3-4-9-19(18)24-17/h3-4,8-9,14-17,21H,5-7,10-13H2,1-2H3/t14-,15-,16-,17+/m0/s1. The highest BCUT2D eigenvalue weighted by atomic mass is 16.6. The van der Waals surface area contributed by atoms with E-state index in [4.69, 9.17) is 14.2 Å². The van der Waals surface area contributed by atoms with Crippen LogP contribution in [0.3, 0.4) is 0 Å². The number of benzene rings is 1. The summed E-state index contributed by atoms with van der Waals surface area (Å²) >= 11 is 0. The smallest absolute Gasteiger partial charge is 0.161 e. The van der Waals surface area contributed by atoms with E-state index in [0.29, 0.717) is 38.4 Å². The van der Waals surface area contributed by atoms with Crippen LogP contribution in [0.5, 0.6) is 11.5 Å². The van der Waals surface area contributed by atoms with Gasteiger partial charge >= 0.3 is 0 Å². The summed E-state index contributed by atoms with van der Waals surface area (Å²) in [6.45, 7) is 6.40. The minimum absolute atomic E-state index is 0.125. The maximum Gasteiger partial charge on any atom is 0.161 e. The number of likely N-dealkylation sites (tertiary alicyclic amines) is 1. The van der Waals surface area contributed by atoms with Gasteiger partial charge in [-0.25, -0.2) is 0 Å². The molecule has 5 nitrogen and oxygen atoms in total. The first-order valence-corrected chi connectivity index (χ1v) is 9.03. The molecule has 2 aliphatic rings. The number of rotatable bonds is 6. The van der Waals surface area contributed by atoms with E-state index in [9.17, 15) is 5.11 Å². The van der Waals surface area contributed by atoms with Crippen molar-refractivity contribution < 1.29 is 19.3 Å². The fourth-order valence-electron chi connectivity index (χ4n) is 3.61. The number of fused-ring (bicyclic) bond motifs is 1. The Morgan fingerprint density at radius 2 is 1.92 bits per heavy atom. The van der Waals surface area contributed by atoms with Crippen molar-refractivity contribution in [2.45, 2.75) is 57.4 Å². The Hall–Kier alpha value is -1.30. The Kier molecular flexibility index (Phi) is 5.98. The number of ether oxygens (including phenoxy) is 3. The molecule has 0 aromatic heterocycles. The molecule has 2 heterocycles. The number of hydrogen-bond donors (Lipinski definition) is 1. The molecule has 0 bridgehead atoms. The molecule has 1 N–H and O–H groups in total. The van der Waals surface area contributed by atoms with Crippen molar-refractivity contribution in [3.63, 3.8) is 0 Å². The highest BCUT2D eigenvalue weighted by Gasteiger charge is 2.27. The van der Waals surface area contributed by atoms with Crippen LogP contribution in [0.1, 0.15) is 33.1 Å². The highest BCUT2D eigenvalue weighted by Crippen LogP contribution is 2.30. The van der Waals surface area contributed by atoms with E-state index in [1.54, 1.807) is 0 Å². The molecule has 0 spiro atoms. The number of piperidine rings is 1. The molecule has 24 heavy (non-hydrogen) atoms. The van der Waals surface area contributed by atoms with Crippen LogP contribution in [0.25, 0.3) is 0 Å². The maximum absolute atomic E-state index is 10.3. The summed E-state index contributed by atoms with van der Waals surface area (Å²) in [5, 5.41) is 10.3. The van der Waals surface area contributed by atoms with E-state index in [2.05, 4.69) is 18.7 Å². The van der Waals surface area contributed by atoms with E-state index < -0.39 is 6.10 Å². The zero-order chi connectivity index (χ0) is 16.9. The normalized spacial score (nSPS) is 28.5. The highest BCUT2D eigenvalue weighted by molar-refractivity contribution is 5.40. The largest absolute Gasteiger partial charge is 0.486 e. The fraction of sp³-hybridized carbons (Fsp3) is 0.684. The molecule has 0 unspecified atom stereocenters. The summed E-state index contributed by atoms with van der Waals surface area (Å²) in [5.74, 6) is 1.54. The zero-order valence-electron chi connectivity index (χ0n) is 14.7. The van der Waals surface area contributed by atoms with Crippen LogP contribution < -0.4 is 9.47 Å². The lowest BCUT2D eigenvalue weighted by molar-refractivity contribution is -0.0391. The van der Waals surface area contributed by atoms with Crippen molar-refractivity contribution in [1.82, 2.24) is 4.90 Å². The van der Waals surface area contributed by atoms with Crippen LogP contribution in [0.2, 0.25) is 0 Å². The second-order valence-corrected chi connectivity index (χ2v) is 7.01. The first-order chi connectivity index (χ1) is 11.6. The molecular formula is C19H29NO4. The summed E-state index contributed by atoms with van der Waals surface area (Å²) in [6, 6.07) is 8.73. The summed E-state index contributed by atoms with van der Waals surface area (Å²) in [4.78, 5) is 2.40. The molecule has 0 saturated carbocycles. The minimum atomic E-state index is -0.468. The third-order valence-electron chi connectivity index (χ3n) is 4.98. The number of nitrogens with zero attached hydrogens (tertiary/aromatic N) is 1. The lowest BCUT2D eigenvalue weighted by Crippen LogP contribution is -2.48. The van der Waals surface area contributed by atoms with Crippen LogP contribution in [0.4, 0.5) is 0 Å². The van der Waals surface area contributed by atoms with E-state index in [0.717, 1.165) is 11.5 Å². The molecule has 0 radical (unpaired) electrons. The van der Waals surface area contributed by atoms with Gasteiger partial charge in [-0.1, -0.05) is 18.6 Å². The Morgan fingerprint density at radius 3 is 2.67 bits per heavy atom. The van der Waals surface area contributed by atoms with Gasteiger partial charge in [0.2, 0.25) is 0 Å². The average Bonchev–Trinajstić information content (AvgIpc) is 2.58. The van der Waals surface area contributed by atoms with Gasteiger partial charge in [-0.3, -0.25) is 4.90 Å². The topological polar surface area (TPSA) is 51.2 Å². The summed E-state index contributed by atoms with van der Waals surface area (Å²) in [5.41, 5.74) is 0. The second kappa shape index (κ2) is 8.19. The third kappa shape index (κ3) is 4.41. The van der Waals surface area contributed by atoms with Gasteiger partial charge in [0, 0.05) is 18.6 Å². The first-order valence-electron chi connectivity index (χ1n) is 9.03. The molecule has 1 aromatic rings. The Morgan fingerprint density at radius 1 is 1.21 bits per heavy atom. The molecule has 3 rings (SSSR count). The van der Waals surface area contributed by atoms with Gasteiger partial charge < -0.3 is 19.3 Å². The summed E-state index contributed by atoms with van der Waals surface area (Å²) < 4.78 is 17.2. The van der Waals surface area contributed by atoms with Crippen molar-refractivity contribution in [2.75, 3.05) is 26.4 Å². The number of para-hydroxylation sites is 2. The molecule has 5 heteroatoms. The van der Waals surface area contributed by atoms with Gasteiger partial charge in [0.05, 0.1) is 19.3 Å². The van der Waals surface area contributed by atoms with Gasteiger partial charge in [-0.15, -0.1) is 0 Å². The number of aliphatic hydroxyl groups excluding tert-OH is 1. The lowest BCUT2D eigenvalue weighted by Gasteiger charge is -2.40. The number of aliphatic hydroxyl groups is 1. The molecule has 2 aliphatic heterocycles. The van der Waals surface area contributed by atoms with E-state index in [1.807, 2.05) is 24.3 Å². The van der Waals surface area contributed by atoms with Crippen molar-refractivity contribution >= 4 is 0 Å². The summed E-state index contributed by atoms with van der Waals surface area (Å²) in [6.07, 6.45) is 3.12. The minimum Gasteiger partial charge on any atom is -0.486 e. The molecule has 1 saturated heterocycles. The van der Waals surface area contributed by atoms with Crippen LogP contribution in [-0.4, -0.2) is 60.7 Å². The molecule has 1 aromatic carbocycles. The molecular weight excluding hydrogens is 306 g/mol. The van der Waals surface area contributed by atoms with E-state index >= 15 is 0 Å².